The van der Waals surface area contributed by atoms with Crippen molar-refractivity contribution in [3.8, 4) is 0 Å². The van der Waals surface area contributed by atoms with E-state index in [0.29, 0.717) is 0 Å². The maximum Gasteiger partial charge on any atom is 0.191 e. The Hall–Kier alpha value is -0.800. The van der Waals surface area contributed by atoms with Crippen molar-refractivity contribution in [2.45, 2.75) is 20.4 Å². The van der Waals surface area contributed by atoms with Crippen LogP contribution in [0.5, 0.6) is 0 Å². The van der Waals surface area contributed by atoms with Gasteiger partial charge in [0.15, 0.2) is 5.96 Å². The molecule has 0 bridgehead atoms. The SMILES string of the molecule is CN=C(NCCN1CCOCC1)NCc1cc(C)oc1C.I. The molecule has 0 aliphatic carbocycles. The van der Waals surface area contributed by atoms with Crippen molar-refractivity contribution in [1.29, 1.82) is 0 Å². The van der Waals surface area contributed by atoms with Crippen molar-refractivity contribution in [2.75, 3.05) is 46.4 Å². The fraction of sp³-hybridized carbons (Fsp3) is 0.667. The molecule has 1 aliphatic heterocycles. The van der Waals surface area contributed by atoms with Crippen molar-refractivity contribution in [3.63, 3.8) is 0 Å². The predicted molar refractivity (Wildman–Crippen MR) is 99.1 cm³/mol. The van der Waals surface area contributed by atoms with E-state index < -0.39 is 0 Å². The zero-order valence-corrected chi connectivity index (χ0v) is 16.0. The second-order valence-electron chi connectivity index (χ2n) is 5.25. The van der Waals surface area contributed by atoms with E-state index in [1.54, 1.807) is 7.05 Å². The Morgan fingerprint density at radius 2 is 2.00 bits per heavy atom. The Morgan fingerprint density at radius 1 is 1.27 bits per heavy atom. The molecule has 6 nitrogen and oxygen atoms in total. The van der Waals surface area contributed by atoms with Gasteiger partial charge in [-0.25, -0.2) is 0 Å². The van der Waals surface area contributed by atoms with Crippen molar-refractivity contribution < 1.29 is 9.15 Å². The summed E-state index contributed by atoms with van der Waals surface area (Å²) in [5.41, 5.74) is 1.17. The smallest absolute Gasteiger partial charge is 0.191 e. The summed E-state index contributed by atoms with van der Waals surface area (Å²) < 4.78 is 10.9. The average molecular weight is 422 g/mol. The Kier molecular flexibility index (Phi) is 8.81. The number of aryl methyl sites for hydroxylation is 2. The number of guanidine groups is 1. The van der Waals surface area contributed by atoms with E-state index in [4.69, 9.17) is 9.15 Å². The molecule has 2 heterocycles. The number of nitrogens with zero attached hydrogens (tertiary/aromatic N) is 2. The summed E-state index contributed by atoms with van der Waals surface area (Å²) in [5, 5.41) is 6.65. The van der Waals surface area contributed by atoms with Crippen molar-refractivity contribution in [1.82, 2.24) is 15.5 Å². The van der Waals surface area contributed by atoms with Crippen LogP contribution in [0.3, 0.4) is 0 Å². The molecular weight excluding hydrogens is 395 g/mol. The highest BCUT2D eigenvalue weighted by atomic mass is 127. The van der Waals surface area contributed by atoms with Crippen LogP contribution in [0, 0.1) is 13.8 Å². The summed E-state index contributed by atoms with van der Waals surface area (Å²) in [5.74, 6) is 2.73. The first kappa shape index (κ1) is 19.2. The van der Waals surface area contributed by atoms with Gasteiger partial charge in [-0.2, -0.15) is 0 Å². The monoisotopic (exact) mass is 422 g/mol. The minimum absolute atomic E-state index is 0. The van der Waals surface area contributed by atoms with Gasteiger partial charge in [-0.15, -0.1) is 24.0 Å². The molecule has 0 saturated carbocycles. The van der Waals surface area contributed by atoms with Gasteiger partial charge in [0.1, 0.15) is 11.5 Å². The lowest BCUT2D eigenvalue weighted by molar-refractivity contribution is 0.0389. The summed E-state index contributed by atoms with van der Waals surface area (Å²) >= 11 is 0. The topological polar surface area (TPSA) is 62.0 Å². The highest BCUT2D eigenvalue weighted by Gasteiger charge is 2.10. The lowest BCUT2D eigenvalue weighted by Crippen LogP contribution is -2.44. The molecule has 0 unspecified atom stereocenters. The number of halogens is 1. The molecule has 7 heteroatoms. The van der Waals surface area contributed by atoms with Crippen molar-refractivity contribution in [2.24, 2.45) is 4.99 Å². The number of ether oxygens (including phenoxy) is 1. The molecular formula is C15H27IN4O2. The first-order chi connectivity index (χ1) is 10.2. The number of rotatable bonds is 5. The fourth-order valence-corrected chi connectivity index (χ4v) is 2.42. The maximum absolute atomic E-state index is 5.52. The third kappa shape index (κ3) is 6.13. The van der Waals surface area contributed by atoms with Crippen LogP contribution in [0.1, 0.15) is 17.1 Å². The largest absolute Gasteiger partial charge is 0.466 e. The zero-order chi connectivity index (χ0) is 15.1. The van der Waals surface area contributed by atoms with Crippen LogP contribution in [-0.2, 0) is 11.3 Å². The third-order valence-corrected chi connectivity index (χ3v) is 3.64. The highest BCUT2D eigenvalue weighted by molar-refractivity contribution is 14.0. The predicted octanol–water partition coefficient (Wildman–Crippen LogP) is 1.51. The fourth-order valence-electron chi connectivity index (χ4n) is 2.42. The number of aliphatic imine (C=N–C) groups is 1. The summed E-state index contributed by atoms with van der Waals surface area (Å²) in [6.45, 7) is 10.3. The summed E-state index contributed by atoms with van der Waals surface area (Å²) in [6, 6.07) is 2.06. The molecule has 1 aromatic rings. The van der Waals surface area contributed by atoms with Crippen LogP contribution in [-0.4, -0.2) is 57.3 Å². The molecule has 0 amide bonds. The van der Waals surface area contributed by atoms with E-state index in [1.165, 1.54) is 5.56 Å². The van der Waals surface area contributed by atoms with Crippen molar-refractivity contribution >= 4 is 29.9 Å². The van der Waals surface area contributed by atoms with Gasteiger partial charge >= 0.3 is 0 Å². The van der Waals surface area contributed by atoms with Gasteiger partial charge in [0, 0.05) is 45.3 Å². The minimum atomic E-state index is 0. The maximum atomic E-state index is 5.52. The highest BCUT2D eigenvalue weighted by Crippen LogP contribution is 2.12. The quantitative estimate of drug-likeness (QED) is 0.428. The third-order valence-electron chi connectivity index (χ3n) is 3.64. The Bertz CT molecular complexity index is 470. The molecule has 2 N–H and O–H groups in total. The van der Waals surface area contributed by atoms with E-state index in [1.807, 2.05) is 13.8 Å². The van der Waals surface area contributed by atoms with Gasteiger partial charge in [-0.3, -0.25) is 9.89 Å². The average Bonchev–Trinajstić information content (AvgIpc) is 2.81. The molecule has 2 rings (SSSR count). The molecule has 0 spiro atoms. The molecule has 1 saturated heterocycles. The Morgan fingerprint density at radius 3 is 2.59 bits per heavy atom. The molecule has 0 atom stereocenters. The van der Waals surface area contributed by atoms with Gasteiger partial charge in [0.25, 0.3) is 0 Å². The normalized spacial score (nSPS) is 16.2. The number of furan rings is 1. The summed E-state index contributed by atoms with van der Waals surface area (Å²) in [6.07, 6.45) is 0. The summed E-state index contributed by atoms with van der Waals surface area (Å²) in [4.78, 5) is 6.64. The first-order valence-electron chi connectivity index (χ1n) is 7.49. The van der Waals surface area contributed by atoms with Gasteiger partial charge in [-0.05, 0) is 19.9 Å². The molecule has 0 radical (unpaired) electrons. The van der Waals surface area contributed by atoms with E-state index in [-0.39, 0.29) is 24.0 Å². The van der Waals surface area contributed by atoms with Crippen LogP contribution < -0.4 is 10.6 Å². The van der Waals surface area contributed by atoms with Gasteiger partial charge in [-0.1, -0.05) is 0 Å². The lowest BCUT2D eigenvalue weighted by atomic mass is 10.2. The molecule has 1 aromatic heterocycles. The van der Waals surface area contributed by atoms with Gasteiger partial charge in [0.05, 0.1) is 13.2 Å². The molecule has 1 aliphatic rings. The van der Waals surface area contributed by atoms with E-state index in [0.717, 1.165) is 63.4 Å². The lowest BCUT2D eigenvalue weighted by Gasteiger charge is -2.26. The van der Waals surface area contributed by atoms with Crippen LogP contribution in [0.2, 0.25) is 0 Å². The number of hydrogen-bond donors (Lipinski definition) is 2. The standard InChI is InChI=1S/C15H26N4O2.HI/c1-12-10-14(13(2)21-12)11-18-15(16-3)17-4-5-19-6-8-20-9-7-19;/h10H,4-9,11H2,1-3H3,(H2,16,17,18);1H. The molecule has 126 valence electrons. The minimum Gasteiger partial charge on any atom is -0.466 e. The van der Waals surface area contributed by atoms with Crippen LogP contribution >= 0.6 is 24.0 Å². The van der Waals surface area contributed by atoms with Gasteiger partial charge < -0.3 is 19.8 Å². The zero-order valence-electron chi connectivity index (χ0n) is 13.6. The van der Waals surface area contributed by atoms with Crippen molar-refractivity contribution in [3.05, 3.63) is 23.2 Å². The Labute approximate surface area is 149 Å². The van der Waals surface area contributed by atoms with Gasteiger partial charge in [0.2, 0.25) is 0 Å². The number of morpholine rings is 1. The molecule has 1 fully saturated rings. The van der Waals surface area contributed by atoms with Crippen LogP contribution in [0.25, 0.3) is 0 Å². The Balaban J connectivity index is 0.00000242. The van der Waals surface area contributed by atoms with E-state index in [9.17, 15) is 0 Å². The summed E-state index contributed by atoms with van der Waals surface area (Å²) in [7, 11) is 1.79. The second kappa shape index (κ2) is 10.1. The second-order valence-corrected chi connectivity index (χ2v) is 5.25. The first-order valence-corrected chi connectivity index (χ1v) is 7.49. The van der Waals surface area contributed by atoms with E-state index >= 15 is 0 Å². The molecule has 22 heavy (non-hydrogen) atoms. The number of hydrogen-bond acceptors (Lipinski definition) is 4. The molecule has 0 aromatic carbocycles. The van der Waals surface area contributed by atoms with Crippen LogP contribution in [0.15, 0.2) is 15.5 Å². The van der Waals surface area contributed by atoms with Crippen LogP contribution in [0.4, 0.5) is 0 Å². The number of nitrogens with one attached hydrogen (secondary N) is 2. The van der Waals surface area contributed by atoms with E-state index in [2.05, 4.69) is 26.6 Å².